The summed E-state index contributed by atoms with van der Waals surface area (Å²) in [5.74, 6) is 0. The fourth-order valence-corrected chi connectivity index (χ4v) is 7.11. The summed E-state index contributed by atoms with van der Waals surface area (Å²) in [4.78, 5) is 13.7. The highest BCUT2D eigenvalue weighted by molar-refractivity contribution is 7.12. The smallest absolute Gasteiger partial charge is 0.0922 e. The third-order valence-corrected chi connectivity index (χ3v) is 8.57. The average Bonchev–Trinajstić information content (AvgIpc) is 3.47. The molecule has 0 fully saturated rings. The third-order valence-electron chi connectivity index (χ3n) is 6.20. The molecule has 4 aromatic rings. The van der Waals surface area contributed by atoms with Gasteiger partial charge in [0.2, 0.25) is 0 Å². The Bertz CT molecular complexity index is 1240. The SMILES string of the molecule is CC(C)(C)Cc1ccc(C(O)Cc2ccnc(-c3cc(CC(O)c4ccc(CC(C)(C)C)s4)ccn3)c2)s1. The summed E-state index contributed by atoms with van der Waals surface area (Å²) in [7, 11) is 0. The summed E-state index contributed by atoms with van der Waals surface area (Å²) in [6.45, 7) is 13.4. The van der Waals surface area contributed by atoms with Gasteiger partial charge >= 0.3 is 0 Å². The molecule has 0 bridgehead atoms. The van der Waals surface area contributed by atoms with Crippen molar-refractivity contribution in [3.63, 3.8) is 0 Å². The molecule has 0 aliphatic carbocycles. The minimum absolute atomic E-state index is 0.226. The largest absolute Gasteiger partial charge is 0.387 e. The lowest BCUT2D eigenvalue weighted by atomic mass is 9.92. The van der Waals surface area contributed by atoms with E-state index in [0.717, 1.165) is 45.1 Å². The Kier molecular flexibility index (Phi) is 8.88. The molecule has 0 saturated heterocycles. The van der Waals surface area contributed by atoms with E-state index < -0.39 is 12.2 Å². The van der Waals surface area contributed by atoms with Crippen molar-refractivity contribution >= 4 is 22.7 Å². The van der Waals surface area contributed by atoms with Gasteiger partial charge in [-0.3, -0.25) is 9.97 Å². The van der Waals surface area contributed by atoms with Crippen LogP contribution in [0, 0.1) is 10.8 Å². The van der Waals surface area contributed by atoms with Crippen LogP contribution in [-0.4, -0.2) is 20.2 Å². The Morgan fingerprint density at radius 1 is 0.632 bits per heavy atom. The molecule has 4 heterocycles. The van der Waals surface area contributed by atoms with Crippen LogP contribution in [0.5, 0.6) is 0 Å². The van der Waals surface area contributed by atoms with Crippen molar-refractivity contribution in [3.8, 4) is 11.4 Å². The number of pyridine rings is 2. The van der Waals surface area contributed by atoms with E-state index in [-0.39, 0.29) is 10.8 Å². The van der Waals surface area contributed by atoms with E-state index in [1.165, 1.54) is 9.75 Å². The number of aliphatic hydroxyl groups is 2. The first-order chi connectivity index (χ1) is 17.8. The Morgan fingerprint density at radius 3 is 1.39 bits per heavy atom. The van der Waals surface area contributed by atoms with E-state index in [1.54, 1.807) is 35.1 Å². The molecule has 0 amide bonds. The Morgan fingerprint density at radius 2 is 1.03 bits per heavy atom. The molecule has 0 aromatic carbocycles. The van der Waals surface area contributed by atoms with E-state index in [4.69, 9.17) is 0 Å². The number of thiophene rings is 2. The van der Waals surface area contributed by atoms with Crippen molar-refractivity contribution in [2.24, 2.45) is 10.8 Å². The van der Waals surface area contributed by atoms with E-state index >= 15 is 0 Å². The summed E-state index contributed by atoms with van der Waals surface area (Å²) in [5.41, 5.74) is 4.03. The maximum Gasteiger partial charge on any atom is 0.0922 e. The quantitative estimate of drug-likeness (QED) is 0.222. The summed E-state index contributed by atoms with van der Waals surface area (Å²) >= 11 is 3.39. The fourth-order valence-electron chi connectivity index (χ4n) is 4.51. The lowest BCUT2D eigenvalue weighted by Gasteiger charge is -2.16. The van der Waals surface area contributed by atoms with Crippen LogP contribution in [0.2, 0.25) is 0 Å². The molecule has 4 rings (SSSR count). The summed E-state index contributed by atoms with van der Waals surface area (Å²) in [5, 5.41) is 21.8. The van der Waals surface area contributed by atoms with Gasteiger partial charge < -0.3 is 10.2 Å². The lowest BCUT2D eigenvalue weighted by Crippen LogP contribution is -2.07. The topological polar surface area (TPSA) is 66.2 Å². The van der Waals surface area contributed by atoms with Gasteiger partial charge in [-0.25, -0.2) is 0 Å². The standard InChI is InChI=1S/C32H40N2O2S2/c1-31(2,3)19-23-7-9-29(37-23)27(35)17-21-11-13-33-25(15-21)26-16-22(12-14-34-26)18-28(36)30-10-8-24(38-30)20-32(4,5)6/h7-16,27-28,35-36H,17-20H2,1-6H3. The molecule has 4 nitrogen and oxygen atoms in total. The van der Waals surface area contributed by atoms with Gasteiger partial charge in [0.05, 0.1) is 23.6 Å². The second-order valence-electron chi connectivity index (χ2n) is 12.6. The van der Waals surface area contributed by atoms with Gasteiger partial charge in [-0.2, -0.15) is 0 Å². The van der Waals surface area contributed by atoms with Crippen LogP contribution in [0.25, 0.3) is 11.4 Å². The van der Waals surface area contributed by atoms with E-state index in [2.05, 4.69) is 75.8 Å². The molecule has 0 radical (unpaired) electrons. The number of nitrogens with zero attached hydrogens (tertiary/aromatic N) is 2. The van der Waals surface area contributed by atoms with E-state index in [9.17, 15) is 10.2 Å². The molecule has 0 spiro atoms. The molecule has 2 atom stereocenters. The number of hydrogen-bond donors (Lipinski definition) is 2. The van der Waals surface area contributed by atoms with Gasteiger partial charge in [-0.15, -0.1) is 22.7 Å². The predicted molar refractivity (Wildman–Crippen MR) is 160 cm³/mol. The van der Waals surface area contributed by atoms with Gasteiger partial charge in [0.25, 0.3) is 0 Å². The van der Waals surface area contributed by atoms with Crippen LogP contribution in [0.3, 0.4) is 0 Å². The van der Waals surface area contributed by atoms with Gasteiger partial charge in [0.1, 0.15) is 0 Å². The summed E-state index contributed by atoms with van der Waals surface area (Å²) < 4.78 is 0. The van der Waals surface area contributed by atoms with Crippen LogP contribution < -0.4 is 0 Å². The Hall–Kier alpha value is -2.38. The normalized spacial score (nSPS) is 14.0. The first kappa shape index (κ1) is 28.6. The highest BCUT2D eigenvalue weighted by atomic mass is 32.1. The van der Waals surface area contributed by atoms with Crippen LogP contribution in [0.4, 0.5) is 0 Å². The number of aromatic nitrogens is 2. The fraction of sp³-hybridized carbons (Fsp3) is 0.438. The van der Waals surface area contributed by atoms with E-state index in [1.807, 2.05) is 24.3 Å². The molecule has 38 heavy (non-hydrogen) atoms. The minimum atomic E-state index is -0.549. The molecule has 4 aromatic heterocycles. The maximum absolute atomic E-state index is 10.9. The molecule has 0 aliphatic heterocycles. The minimum Gasteiger partial charge on any atom is -0.387 e. The van der Waals surface area contributed by atoms with Crippen molar-refractivity contribution in [2.75, 3.05) is 0 Å². The van der Waals surface area contributed by atoms with Crippen molar-refractivity contribution in [3.05, 3.63) is 91.6 Å². The molecular weight excluding hydrogens is 508 g/mol. The zero-order chi connectivity index (χ0) is 27.5. The summed E-state index contributed by atoms with van der Waals surface area (Å²) in [6.07, 6.45) is 5.53. The monoisotopic (exact) mass is 548 g/mol. The highest BCUT2D eigenvalue weighted by Crippen LogP contribution is 2.32. The molecule has 0 saturated carbocycles. The van der Waals surface area contributed by atoms with Gasteiger partial charge in [-0.05, 0) is 83.3 Å². The van der Waals surface area contributed by atoms with Gasteiger partial charge in [0.15, 0.2) is 0 Å². The second-order valence-corrected chi connectivity index (χ2v) is 15.0. The van der Waals surface area contributed by atoms with Crippen LogP contribution in [0.15, 0.2) is 60.9 Å². The lowest BCUT2D eigenvalue weighted by molar-refractivity contribution is 0.182. The van der Waals surface area contributed by atoms with Gasteiger partial charge in [-0.1, -0.05) is 41.5 Å². The zero-order valence-electron chi connectivity index (χ0n) is 23.4. The van der Waals surface area contributed by atoms with Crippen LogP contribution in [0.1, 0.15) is 84.4 Å². The number of rotatable bonds is 9. The molecule has 202 valence electrons. The predicted octanol–water partition coefficient (Wildman–Crippen LogP) is 8.00. The third kappa shape index (κ3) is 8.31. The molecule has 2 unspecified atom stereocenters. The number of hydrogen-bond acceptors (Lipinski definition) is 6. The van der Waals surface area contributed by atoms with Crippen molar-refractivity contribution in [2.45, 2.75) is 79.4 Å². The highest BCUT2D eigenvalue weighted by Gasteiger charge is 2.18. The van der Waals surface area contributed by atoms with Crippen molar-refractivity contribution in [1.29, 1.82) is 0 Å². The first-order valence-electron chi connectivity index (χ1n) is 13.3. The van der Waals surface area contributed by atoms with Crippen LogP contribution >= 0.6 is 22.7 Å². The van der Waals surface area contributed by atoms with Crippen molar-refractivity contribution < 1.29 is 10.2 Å². The Labute approximate surface area is 235 Å². The van der Waals surface area contributed by atoms with Crippen molar-refractivity contribution in [1.82, 2.24) is 9.97 Å². The number of aliphatic hydroxyl groups excluding tert-OH is 2. The average molecular weight is 549 g/mol. The molecule has 6 heteroatoms. The summed E-state index contributed by atoms with van der Waals surface area (Å²) in [6, 6.07) is 16.3. The molecular formula is C32H40N2O2S2. The zero-order valence-corrected chi connectivity index (χ0v) is 25.0. The second kappa shape index (κ2) is 11.8. The van der Waals surface area contributed by atoms with Gasteiger partial charge in [0, 0.05) is 44.7 Å². The first-order valence-corrected chi connectivity index (χ1v) is 14.9. The molecule has 2 N–H and O–H groups in total. The maximum atomic E-state index is 10.9. The van der Waals surface area contributed by atoms with Crippen LogP contribution in [-0.2, 0) is 25.7 Å². The van der Waals surface area contributed by atoms with E-state index in [0.29, 0.717) is 12.8 Å². The molecule has 0 aliphatic rings. The Balaban J connectivity index is 1.43.